The minimum absolute atomic E-state index is 0.240. The molecule has 1 unspecified atom stereocenters. The number of nitrogens with one attached hydrogen (secondary N) is 1. The van der Waals surface area contributed by atoms with Crippen LogP contribution in [0.4, 0.5) is 5.82 Å². The van der Waals surface area contributed by atoms with E-state index >= 15 is 0 Å². The second-order valence-corrected chi connectivity index (χ2v) is 3.75. The van der Waals surface area contributed by atoms with Crippen LogP contribution < -0.4 is 10.1 Å². The SMILES string of the molecule is COc1cc(NC(C)Cn2ccnc2)ncn1. The Kier molecular flexibility index (Phi) is 3.54. The van der Waals surface area contributed by atoms with Gasteiger partial charge in [-0.25, -0.2) is 15.0 Å². The lowest BCUT2D eigenvalue weighted by molar-refractivity contribution is 0.397. The van der Waals surface area contributed by atoms with Crippen molar-refractivity contribution in [2.45, 2.75) is 19.5 Å². The van der Waals surface area contributed by atoms with Crippen molar-refractivity contribution in [3.63, 3.8) is 0 Å². The van der Waals surface area contributed by atoms with Crippen molar-refractivity contribution in [3.8, 4) is 5.88 Å². The summed E-state index contributed by atoms with van der Waals surface area (Å²) >= 11 is 0. The summed E-state index contributed by atoms with van der Waals surface area (Å²) in [6.07, 6.45) is 6.96. The molecule has 0 aliphatic carbocycles. The molecule has 0 fully saturated rings. The highest BCUT2D eigenvalue weighted by atomic mass is 16.5. The molecule has 1 atom stereocenters. The zero-order valence-electron chi connectivity index (χ0n) is 9.87. The van der Waals surface area contributed by atoms with Crippen LogP contribution in [0, 0.1) is 0 Å². The van der Waals surface area contributed by atoms with Crippen LogP contribution in [0.15, 0.2) is 31.1 Å². The van der Waals surface area contributed by atoms with E-state index in [0.29, 0.717) is 5.88 Å². The lowest BCUT2D eigenvalue weighted by atomic mass is 10.3. The van der Waals surface area contributed by atoms with E-state index in [1.807, 2.05) is 10.8 Å². The number of anilines is 1. The Morgan fingerprint density at radius 1 is 1.47 bits per heavy atom. The smallest absolute Gasteiger partial charge is 0.218 e. The molecule has 0 aliphatic heterocycles. The molecule has 0 bridgehead atoms. The molecule has 0 amide bonds. The van der Waals surface area contributed by atoms with Gasteiger partial charge >= 0.3 is 0 Å². The summed E-state index contributed by atoms with van der Waals surface area (Å²) in [6.45, 7) is 2.90. The summed E-state index contributed by atoms with van der Waals surface area (Å²) in [5.41, 5.74) is 0. The summed E-state index contributed by atoms with van der Waals surface area (Å²) < 4.78 is 7.05. The van der Waals surface area contributed by atoms with Gasteiger partial charge in [-0.3, -0.25) is 0 Å². The number of aromatic nitrogens is 4. The minimum atomic E-state index is 0.240. The van der Waals surface area contributed by atoms with E-state index in [1.54, 1.807) is 25.7 Å². The topological polar surface area (TPSA) is 64.9 Å². The average Bonchev–Trinajstić information content (AvgIpc) is 2.82. The van der Waals surface area contributed by atoms with Gasteiger partial charge in [0.25, 0.3) is 0 Å². The quantitative estimate of drug-likeness (QED) is 0.840. The van der Waals surface area contributed by atoms with E-state index in [1.165, 1.54) is 6.33 Å². The normalized spacial score (nSPS) is 12.1. The molecule has 2 aromatic rings. The fraction of sp³-hybridized carbons (Fsp3) is 0.364. The highest BCUT2D eigenvalue weighted by Gasteiger charge is 2.04. The number of rotatable bonds is 5. The lowest BCUT2D eigenvalue weighted by Crippen LogP contribution is -2.21. The standard InChI is InChI=1S/C11H15N5O/c1-9(6-16-4-3-12-8-16)15-10-5-11(17-2)14-7-13-10/h3-5,7-9H,6H2,1-2H3,(H,13,14,15). The second-order valence-electron chi connectivity index (χ2n) is 3.75. The van der Waals surface area contributed by atoms with Gasteiger partial charge in [-0.1, -0.05) is 0 Å². The fourth-order valence-corrected chi connectivity index (χ4v) is 1.54. The Morgan fingerprint density at radius 2 is 2.35 bits per heavy atom. The van der Waals surface area contributed by atoms with E-state index in [4.69, 9.17) is 4.74 Å². The molecule has 6 nitrogen and oxygen atoms in total. The van der Waals surface area contributed by atoms with Gasteiger partial charge in [0, 0.05) is 31.0 Å². The Balaban J connectivity index is 1.95. The molecular formula is C11H15N5O. The summed E-state index contributed by atoms with van der Waals surface area (Å²) in [7, 11) is 1.58. The molecule has 2 aromatic heterocycles. The van der Waals surface area contributed by atoms with Crippen LogP contribution in [-0.2, 0) is 6.54 Å². The van der Waals surface area contributed by atoms with E-state index < -0.39 is 0 Å². The molecule has 17 heavy (non-hydrogen) atoms. The van der Waals surface area contributed by atoms with Crippen molar-refractivity contribution in [3.05, 3.63) is 31.1 Å². The van der Waals surface area contributed by atoms with Crippen LogP contribution in [0.5, 0.6) is 5.88 Å². The lowest BCUT2D eigenvalue weighted by Gasteiger charge is -2.14. The molecule has 0 spiro atoms. The van der Waals surface area contributed by atoms with Gasteiger partial charge in [0.1, 0.15) is 12.1 Å². The van der Waals surface area contributed by atoms with Gasteiger partial charge in [-0.15, -0.1) is 0 Å². The number of hydrogen-bond acceptors (Lipinski definition) is 5. The number of methoxy groups -OCH3 is 1. The Morgan fingerprint density at radius 3 is 3.06 bits per heavy atom. The van der Waals surface area contributed by atoms with Gasteiger partial charge in [0.2, 0.25) is 5.88 Å². The summed E-state index contributed by atoms with van der Waals surface area (Å²) in [4.78, 5) is 12.1. The maximum Gasteiger partial charge on any atom is 0.218 e. The molecule has 0 radical (unpaired) electrons. The molecule has 2 heterocycles. The van der Waals surface area contributed by atoms with Crippen molar-refractivity contribution in [1.29, 1.82) is 0 Å². The first-order valence-electron chi connectivity index (χ1n) is 5.36. The minimum Gasteiger partial charge on any atom is -0.481 e. The predicted molar refractivity (Wildman–Crippen MR) is 63.9 cm³/mol. The molecule has 0 saturated heterocycles. The van der Waals surface area contributed by atoms with Crippen molar-refractivity contribution in [2.75, 3.05) is 12.4 Å². The van der Waals surface area contributed by atoms with Crippen molar-refractivity contribution in [1.82, 2.24) is 19.5 Å². The molecule has 0 saturated carbocycles. The molecular weight excluding hydrogens is 218 g/mol. The highest BCUT2D eigenvalue weighted by molar-refractivity contribution is 5.37. The number of hydrogen-bond donors (Lipinski definition) is 1. The number of nitrogens with zero attached hydrogens (tertiary/aromatic N) is 4. The maximum absolute atomic E-state index is 5.04. The number of ether oxygens (including phenoxy) is 1. The molecule has 1 N–H and O–H groups in total. The number of imidazole rings is 1. The van der Waals surface area contributed by atoms with E-state index in [-0.39, 0.29) is 6.04 Å². The third-order valence-corrected chi connectivity index (χ3v) is 2.29. The Hall–Kier alpha value is -2.11. The van der Waals surface area contributed by atoms with E-state index in [0.717, 1.165) is 12.4 Å². The first-order chi connectivity index (χ1) is 8.28. The maximum atomic E-state index is 5.04. The predicted octanol–water partition coefficient (Wildman–Crippen LogP) is 1.18. The van der Waals surface area contributed by atoms with Gasteiger partial charge in [-0.2, -0.15) is 0 Å². The average molecular weight is 233 g/mol. The van der Waals surface area contributed by atoms with Gasteiger partial charge in [-0.05, 0) is 6.92 Å². The van der Waals surface area contributed by atoms with Crippen LogP contribution >= 0.6 is 0 Å². The van der Waals surface area contributed by atoms with E-state index in [9.17, 15) is 0 Å². The molecule has 6 heteroatoms. The van der Waals surface area contributed by atoms with Crippen molar-refractivity contribution in [2.24, 2.45) is 0 Å². The van der Waals surface area contributed by atoms with Crippen LogP contribution in [0.3, 0.4) is 0 Å². The van der Waals surface area contributed by atoms with E-state index in [2.05, 4.69) is 27.2 Å². The first-order valence-corrected chi connectivity index (χ1v) is 5.36. The van der Waals surface area contributed by atoms with Crippen LogP contribution in [0.25, 0.3) is 0 Å². The fourth-order valence-electron chi connectivity index (χ4n) is 1.54. The van der Waals surface area contributed by atoms with Crippen LogP contribution in [0.1, 0.15) is 6.92 Å². The van der Waals surface area contributed by atoms with Crippen molar-refractivity contribution < 1.29 is 4.74 Å². The summed E-state index contributed by atoms with van der Waals surface area (Å²) in [5.74, 6) is 1.31. The highest BCUT2D eigenvalue weighted by Crippen LogP contribution is 2.11. The Labute approximate surface area is 99.7 Å². The molecule has 90 valence electrons. The summed E-state index contributed by atoms with van der Waals surface area (Å²) in [6, 6.07) is 2.01. The van der Waals surface area contributed by atoms with Gasteiger partial charge < -0.3 is 14.6 Å². The Bertz CT molecular complexity index is 457. The van der Waals surface area contributed by atoms with Crippen LogP contribution in [-0.4, -0.2) is 32.7 Å². The van der Waals surface area contributed by atoms with Gasteiger partial charge in [0.15, 0.2) is 0 Å². The summed E-state index contributed by atoms with van der Waals surface area (Å²) in [5, 5.41) is 3.28. The third-order valence-electron chi connectivity index (χ3n) is 2.29. The van der Waals surface area contributed by atoms with Gasteiger partial charge in [0.05, 0.1) is 13.4 Å². The zero-order valence-corrected chi connectivity index (χ0v) is 9.87. The van der Waals surface area contributed by atoms with Crippen molar-refractivity contribution >= 4 is 5.82 Å². The zero-order chi connectivity index (χ0) is 12.1. The molecule has 2 rings (SSSR count). The monoisotopic (exact) mass is 233 g/mol. The first kappa shape index (κ1) is 11.4. The second kappa shape index (κ2) is 5.29. The third kappa shape index (κ3) is 3.17. The largest absolute Gasteiger partial charge is 0.481 e. The van der Waals surface area contributed by atoms with Crippen LogP contribution in [0.2, 0.25) is 0 Å². The molecule has 0 aromatic carbocycles. The molecule has 0 aliphatic rings.